The molecule has 1 aromatic heterocycles. The summed E-state index contributed by atoms with van der Waals surface area (Å²) in [4.78, 5) is 27.9. The first-order chi connectivity index (χ1) is 9.39. The second-order valence-corrected chi connectivity index (χ2v) is 6.70. The first kappa shape index (κ1) is 14.7. The Labute approximate surface area is 117 Å². The van der Waals surface area contributed by atoms with E-state index in [1.165, 1.54) is 21.5 Å². The summed E-state index contributed by atoms with van der Waals surface area (Å²) in [7, 11) is -3.24. The fraction of sp³-hybridized carbons (Fsp3) is 0.500. The van der Waals surface area contributed by atoms with Crippen LogP contribution in [0.2, 0.25) is 0 Å². The number of nitrogens with one attached hydrogen (secondary N) is 1. The lowest BCUT2D eigenvalue weighted by atomic mass is 10.2. The molecule has 110 valence electrons. The van der Waals surface area contributed by atoms with E-state index < -0.39 is 15.6 Å². The second kappa shape index (κ2) is 5.76. The molecule has 1 N–H and O–H groups in total. The largest absolute Gasteiger partial charge is 0.337 e. The van der Waals surface area contributed by atoms with Crippen LogP contribution < -0.4 is 5.56 Å². The van der Waals surface area contributed by atoms with Crippen LogP contribution in [-0.4, -0.2) is 60.9 Å². The molecule has 1 amide bonds. The average Bonchev–Trinajstić information content (AvgIpc) is 2.63. The molecule has 1 aliphatic rings. The summed E-state index contributed by atoms with van der Waals surface area (Å²) in [6.07, 6.45) is 3.18. The van der Waals surface area contributed by atoms with Crippen LogP contribution in [0, 0.1) is 0 Å². The van der Waals surface area contributed by atoms with E-state index in [0.717, 1.165) is 6.26 Å². The molecular weight excluding hydrogens is 282 g/mol. The van der Waals surface area contributed by atoms with Crippen LogP contribution in [0.25, 0.3) is 0 Å². The molecule has 7 nitrogen and oxygen atoms in total. The molecular formula is C12H17N3O4S. The minimum Gasteiger partial charge on any atom is -0.337 e. The summed E-state index contributed by atoms with van der Waals surface area (Å²) in [6.45, 7) is 1.39. The van der Waals surface area contributed by atoms with Crippen molar-refractivity contribution in [2.75, 3.05) is 32.4 Å². The number of sulfonamides is 1. The number of carbonyl (C=O) groups excluding carboxylic acids is 1. The summed E-state index contributed by atoms with van der Waals surface area (Å²) >= 11 is 0. The SMILES string of the molecule is CS(=O)(=O)N1CCCN(C(=O)c2ccc[nH]c2=O)CC1. The van der Waals surface area contributed by atoms with Crippen LogP contribution in [0.4, 0.5) is 0 Å². The van der Waals surface area contributed by atoms with Gasteiger partial charge in [-0.15, -0.1) is 0 Å². The number of nitrogens with zero attached hydrogens (tertiary/aromatic N) is 2. The summed E-state index contributed by atoms with van der Waals surface area (Å²) in [6, 6.07) is 3.07. The quantitative estimate of drug-likeness (QED) is 0.796. The highest BCUT2D eigenvalue weighted by atomic mass is 32.2. The molecule has 8 heteroatoms. The zero-order valence-electron chi connectivity index (χ0n) is 11.2. The van der Waals surface area contributed by atoms with E-state index >= 15 is 0 Å². The van der Waals surface area contributed by atoms with Crippen LogP contribution in [0.1, 0.15) is 16.8 Å². The van der Waals surface area contributed by atoms with Crippen LogP contribution >= 0.6 is 0 Å². The normalized spacial score (nSPS) is 17.8. The molecule has 0 unspecified atom stereocenters. The van der Waals surface area contributed by atoms with Crippen LogP contribution in [0.5, 0.6) is 0 Å². The van der Waals surface area contributed by atoms with Crippen molar-refractivity contribution in [2.24, 2.45) is 0 Å². The van der Waals surface area contributed by atoms with Gasteiger partial charge in [0, 0.05) is 32.4 Å². The lowest BCUT2D eigenvalue weighted by Gasteiger charge is -2.20. The summed E-state index contributed by atoms with van der Waals surface area (Å²) < 4.78 is 24.4. The number of H-pyrrole nitrogens is 1. The molecule has 0 radical (unpaired) electrons. The third kappa shape index (κ3) is 3.26. The van der Waals surface area contributed by atoms with Gasteiger partial charge in [0.05, 0.1) is 6.26 Å². The summed E-state index contributed by atoms with van der Waals surface area (Å²) in [5, 5.41) is 0. The van der Waals surface area contributed by atoms with Crippen molar-refractivity contribution < 1.29 is 13.2 Å². The summed E-state index contributed by atoms with van der Waals surface area (Å²) in [5.41, 5.74) is -0.345. The van der Waals surface area contributed by atoms with Gasteiger partial charge in [-0.05, 0) is 18.6 Å². The van der Waals surface area contributed by atoms with E-state index in [2.05, 4.69) is 4.98 Å². The van der Waals surface area contributed by atoms with Gasteiger partial charge in [0.15, 0.2) is 0 Å². The number of rotatable bonds is 2. The van der Waals surface area contributed by atoms with E-state index in [1.54, 1.807) is 6.07 Å². The molecule has 1 saturated heterocycles. The predicted molar refractivity (Wildman–Crippen MR) is 74.0 cm³/mol. The van der Waals surface area contributed by atoms with E-state index in [0.29, 0.717) is 26.1 Å². The zero-order valence-corrected chi connectivity index (χ0v) is 12.0. The highest BCUT2D eigenvalue weighted by Gasteiger charge is 2.25. The highest BCUT2D eigenvalue weighted by molar-refractivity contribution is 7.88. The lowest BCUT2D eigenvalue weighted by Crippen LogP contribution is -2.38. The molecule has 0 aromatic carbocycles. The number of pyridine rings is 1. The first-order valence-electron chi connectivity index (χ1n) is 6.31. The molecule has 0 saturated carbocycles. The maximum absolute atomic E-state index is 12.3. The van der Waals surface area contributed by atoms with Gasteiger partial charge in [-0.1, -0.05) is 0 Å². The van der Waals surface area contributed by atoms with Crippen molar-refractivity contribution in [1.29, 1.82) is 0 Å². The molecule has 0 atom stereocenters. The molecule has 20 heavy (non-hydrogen) atoms. The maximum Gasteiger partial charge on any atom is 0.260 e. The Morgan fingerprint density at radius 2 is 2.00 bits per heavy atom. The van der Waals surface area contributed by atoms with Crippen molar-refractivity contribution in [3.05, 3.63) is 34.2 Å². The lowest BCUT2D eigenvalue weighted by molar-refractivity contribution is 0.0762. The molecule has 1 aliphatic heterocycles. The zero-order chi connectivity index (χ0) is 14.8. The number of carbonyl (C=O) groups is 1. The van der Waals surface area contributed by atoms with E-state index in [-0.39, 0.29) is 18.0 Å². The monoisotopic (exact) mass is 299 g/mol. The van der Waals surface area contributed by atoms with E-state index in [9.17, 15) is 18.0 Å². The predicted octanol–water partition coefficient (Wildman–Crippen LogP) is -0.518. The average molecular weight is 299 g/mol. The Hall–Kier alpha value is -1.67. The van der Waals surface area contributed by atoms with E-state index in [4.69, 9.17) is 0 Å². The maximum atomic E-state index is 12.3. The Balaban J connectivity index is 2.13. The number of hydrogen-bond acceptors (Lipinski definition) is 4. The minimum absolute atomic E-state index is 0.0836. The van der Waals surface area contributed by atoms with Gasteiger partial charge in [-0.2, -0.15) is 0 Å². The van der Waals surface area contributed by atoms with Crippen molar-refractivity contribution in [3.63, 3.8) is 0 Å². The van der Waals surface area contributed by atoms with Gasteiger partial charge >= 0.3 is 0 Å². The Morgan fingerprint density at radius 1 is 1.25 bits per heavy atom. The molecule has 1 fully saturated rings. The number of amides is 1. The number of aromatic amines is 1. The van der Waals surface area contributed by atoms with Gasteiger partial charge in [0.1, 0.15) is 5.56 Å². The van der Waals surface area contributed by atoms with Crippen LogP contribution in [0.15, 0.2) is 23.1 Å². The van der Waals surface area contributed by atoms with Crippen LogP contribution in [-0.2, 0) is 10.0 Å². The molecule has 1 aromatic rings. The standard InChI is InChI=1S/C12H17N3O4S/c1-20(18,19)15-7-3-6-14(8-9-15)12(17)10-4-2-5-13-11(10)16/h2,4-5H,3,6-9H2,1H3,(H,13,16). The third-order valence-corrected chi connectivity index (χ3v) is 4.56. The number of hydrogen-bond donors (Lipinski definition) is 1. The summed E-state index contributed by atoms with van der Waals surface area (Å²) in [5.74, 6) is -0.359. The fourth-order valence-electron chi connectivity index (χ4n) is 2.19. The molecule has 0 spiro atoms. The second-order valence-electron chi connectivity index (χ2n) is 4.72. The molecule has 2 rings (SSSR count). The van der Waals surface area contributed by atoms with Gasteiger partial charge in [0.25, 0.3) is 11.5 Å². The van der Waals surface area contributed by atoms with E-state index in [1.807, 2.05) is 0 Å². The van der Waals surface area contributed by atoms with Crippen molar-refractivity contribution >= 4 is 15.9 Å². The Kier molecular flexibility index (Phi) is 4.24. The smallest absolute Gasteiger partial charge is 0.260 e. The Morgan fingerprint density at radius 3 is 2.65 bits per heavy atom. The van der Waals surface area contributed by atoms with Gasteiger partial charge in [-0.25, -0.2) is 12.7 Å². The minimum atomic E-state index is -3.24. The van der Waals surface area contributed by atoms with Gasteiger partial charge in [0.2, 0.25) is 10.0 Å². The van der Waals surface area contributed by atoms with Gasteiger partial charge in [-0.3, -0.25) is 9.59 Å². The molecule has 0 aliphatic carbocycles. The first-order valence-corrected chi connectivity index (χ1v) is 8.16. The highest BCUT2D eigenvalue weighted by Crippen LogP contribution is 2.09. The van der Waals surface area contributed by atoms with Crippen molar-refractivity contribution in [2.45, 2.75) is 6.42 Å². The number of aromatic nitrogens is 1. The van der Waals surface area contributed by atoms with Crippen molar-refractivity contribution in [3.8, 4) is 0 Å². The van der Waals surface area contributed by atoms with Gasteiger partial charge < -0.3 is 9.88 Å². The fourth-order valence-corrected chi connectivity index (χ4v) is 3.06. The molecule has 0 bridgehead atoms. The third-order valence-electron chi connectivity index (χ3n) is 3.26. The Bertz CT molecular complexity index is 653. The topological polar surface area (TPSA) is 90.6 Å². The van der Waals surface area contributed by atoms with Crippen LogP contribution in [0.3, 0.4) is 0 Å². The molecule has 2 heterocycles. The van der Waals surface area contributed by atoms with Crippen molar-refractivity contribution in [1.82, 2.24) is 14.2 Å².